The second-order valence-electron chi connectivity index (χ2n) is 5.04. The molecule has 1 aromatic rings. The van der Waals surface area contributed by atoms with Crippen LogP contribution in [0.15, 0.2) is 18.2 Å². The predicted molar refractivity (Wildman–Crippen MR) is 74.0 cm³/mol. The molecule has 0 saturated carbocycles. The minimum Gasteiger partial charge on any atom is -0.496 e. The fourth-order valence-corrected chi connectivity index (χ4v) is 2.18. The second kappa shape index (κ2) is 6.17. The maximum atomic E-state index is 12.5. The lowest BCUT2D eigenvalue weighted by Crippen LogP contribution is -2.43. The Labute approximate surface area is 114 Å². The molecule has 1 atom stereocenters. The van der Waals surface area contributed by atoms with Gasteiger partial charge >= 0.3 is 0 Å². The van der Waals surface area contributed by atoms with Crippen molar-refractivity contribution in [1.82, 2.24) is 5.32 Å². The predicted octanol–water partition coefficient (Wildman–Crippen LogP) is 1.99. The molecule has 0 radical (unpaired) electrons. The summed E-state index contributed by atoms with van der Waals surface area (Å²) in [7, 11) is 1.58. The first-order chi connectivity index (χ1) is 9.13. The van der Waals surface area contributed by atoms with Crippen molar-refractivity contribution in [2.75, 3.05) is 26.8 Å². The number of rotatable bonds is 4. The summed E-state index contributed by atoms with van der Waals surface area (Å²) >= 11 is 0. The maximum Gasteiger partial charge on any atom is 0.196 e. The first kappa shape index (κ1) is 14.0. The summed E-state index contributed by atoms with van der Waals surface area (Å²) in [5.41, 5.74) is 1.75. The summed E-state index contributed by atoms with van der Waals surface area (Å²) in [6.07, 6.45) is -0.412. The third kappa shape index (κ3) is 3.14. The molecular weight excluding hydrogens is 242 g/mol. The zero-order chi connectivity index (χ0) is 13.8. The maximum absolute atomic E-state index is 12.5. The molecule has 1 saturated heterocycles. The third-order valence-corrected chi connectivity index (χ3v) is 3.38. The Morgan fingerprint density at radius 2 is 2.26 bits per heavy atom. The van der Waals surface area contributed by atoms with Crippen LogP contribution in [0.25, 0.3) is 0 Å². The van der Waals surface area contributed by atoms with Crippen molar-refractivity contribution in [1.29, 1.82) is 0 Å². The van der Waals surface area contributed by atoms with Gasteiger partial charge in [-0.15, -0.1) is 0 Å². The minimum absolute atomic E-state index is 0.00782. The number of carbonyl (C=O) groups excluding carboxylic acids is 1. The average Bonchev–Trinajstić information content (AvgIpc) is 2.46. The number of carbonyl (C=O) groups is 1. The summed E-state index contributed by atoms with van der Waals surface area (Å²) in [5.74, 6) is 0.984. The molecule has 1 aliphatic heterocycles. The lowest BCUT2D eigenvalue weighted by Gasteiger charge is -2.23. The Balaban J connectivity index is 2.29. The van der Waals surface area contributed by atoms with Gasteiger partial charge in [-0.05, 0) is 23.6 Å². The largest absolute Gasteiger partial charge is 0.496 e. The molecule has 1 heterocycles. The van der Waals surface area contributed by atoms with E-state index in [0.717, 1.165) is 12.1 Å². The molecule has 0 spiro atoms. The number of ether oxygens (including phenoxy) is 2. The highest BCUT2D eigenvalue weighted by Gasteiger charge is 2.26. The fourth-order valence-electron chi connectivity index (χ4n) is 2.18. The number of ketones is 1. The Morgan fingerprint density at radius 1 is 1.47 bits per heavy atom. The zero-order valence-electron chi connectivity index (χ0n) is 11.7. The van der Waals surface area contributed by atoms with E-state index >= 15 is 0 Å². The zero-order valence-corrected chi connectivity index (χ0v) is 11.7. The van der Waals surface area contributed by atoms with Crippen LogP contribution in [0.5, 0.6) is 5.75 Å². The van der Waals surface area contributed by atoms with Gasteiger partial charge in [-0.2, -0.15) is 0 Å². The van der Waals surface area contributed by atoms with Crippen molar-refractivity contribution in [3.05, 3.63) is 29.3 Å². The van der Waals surface area contributed by atoms with Gasteiger partial charge in [-0.1, -0.05) is 19.9 Å². The monoisotopic (exact) mass is 263 g/mol. The quantitative estimate of drug-likeness (QED) is 0.844. The van der Waals surface area contributed by atoms with Crippen molar-refractivity contribution in [2.45, 2.75) is 25.9 Å². The highest BCUT2D eigenvalue weighted by Crippen LogP contribution is 2.26. The van der Waals surface area contributed by atoms with Gasteiger partial charge in [0.15, 0.2) is 5.78 Å². The molecule has 1 aromatic carbocycles. The second-order valence-corrected chi connectivity index (χ2v) is 5.04. The van der Waals surface area contributed by atoms with E-state index < -0.39 is 6.10 Å². The van der Waals surface area contributed by atoms with E-state index in [1.165, 1.54) is 0 Å². The van der Waals surface area contributed by atoms with Crippen molar-refractivity contribution in [3.63, 3.8) is 0 Å². The molecular formula is C15H21NO3. The van der Waals surface area contributed by atoms with Crippen LogP contribution in [0, 0.1) is 0 Å². The number of hydrogen-bond acceptors (Lipinski definition) is 4. The topological polar surface area (TPSA) is 47.6 Å². The summed E-state index contributed by atoms with van der Waals surface area (Å²) in [6.45, 7) is 6.15. The number of benzene rings is 1. The summed E-state index contributed by atoms with van der Waals surface area (Å²) in [4.78, 5) is 12.5. The smallest absolute Gasteiger partial charge is 0.196 e. The Kier molecular flexibility index (Phi) is 4.56. The number of nitrogens with one attached hydrogen (secondary N) is 1. The van der Waals surface area contributed by atoms with Gasteiger partial charge in [-0.3, -0.25) is 4.79 Å². The average molecular weight is 263 g/mol. The standard InChI is InChI=1S/C15H21NO3/c1-10(2)11-4-5-13(18-3)12(8-11)15(17)14-9-16-6-7-19-14/h4-5,8,10,14,16H,6-7,9H2,1-3H3. The van der Waals surface area contributed by atoms with Crippen LogP contribution < -0.4 is 10.1 Å². The van der Waals surface area contributed by atoms with E-state index in [0.29, 0.717) is 30.4 Å². The molecule has 4 nitrogen and oxygen atoms in total. The van der Waals surface area contributed by atoms with Crippen LogP contribution in [0.1, 0.15) is 35.7 Å². The van der Waals surface area contributed by atoms with E-state index in [2.05, 4.69) is 19.2 Å². The van der Waals surface area contributed by atoms with E-state index in [9.17, 15) is 4.79 Å². The Hall–Kier alpha value is -1.39. The van der Waals surface area contributed by atoms with Crippen LogP contribution in [-0.4, -0.2) is 38.7 Å². The summed E-state index contributed by atoms with van der Waals surface area (Å²) in [6, 6.07) is 5.78. The first-order valence-corrected chi connectivity index (χ1v) is 6.68. The normalized spacial score (nSPS) is 19.5. The van der Waals surface area contributed by atoms with Gasteiger partial charge in [0.1, 0.15) is 11.9 Å². The Morgan fingerprint density at radius 3 is 2.84 bits per heavy atom. The SMILES string of the molecule is COc1ccc(C(C)C)cc1C(=O)C1CNCCO1. The Bertz CT molecular complexity index is 451. The van der Waals surface area contributed by atoms with Crippen molar-refractivity contribution < 1.29 is 14.3 Å². The molecule has 0 aliphatic carbocycles. The van der Waals surface area contributed by atoms with Crippen molar-refractivity contribution in [2.24, 2.45) is 0 Å². The van der Waals surface area contributed by atoms with E-state index in [1.807, 2.05) is 18.2 Å². The summed E-state index contributed by atoms with van der Waals surface area (Å²) in [5, 5.41) is 3.17. The van der Waals surface area contributed by atoms with Gasteiger partial charge in [0.05, 0.1) is 19.3 Å². The molecule has 0 aromatic heterocycles. The minimum atomic E-state index is -0.412. The molecule has 104 valence electrons. The number of methoxy groups -OCH3 is 1. The van der Waals surface area contributed by atoms with E-state index in [-0.39, 0.29) is 5.78 Å². The van der Waals surface area contributed by atoms with Crippen LogP contribution in [-0.2, 0) is 4.74 Å². The van der Waals surface area contributed by atoms with Gasteiger partial charge < -0.3 is 14.8 Å². The molecule has 1 fully saturated rings. The van der Waals surface area contributed by atoms with Gasteiger partial charge in [0.2, 0.25) is 0 Å². The molecule has 1 unspecified atom stereocenters. The molecule has 1 N–H and O–H groups in total. The van der Waals surface area contributed by atoms with E-state index in [4.69, 9.17) is 9.47 Å². The highest BCUT2D eigenvalue weighted by atomic mass is 16.5. The van der Waals surface area contributed by atoms with Gasteiger partial charge in [0.25, 0.3) is 0 Å². The molecule has 2 rings (SSSR count). The van der Waals surface area contributed by atoms with Gasteiger partial charge in [0, 0.05) is 13.1 Å². The number of Topliss-reactive ketones (excluding diaryl/α,β-unsaturated/α-hetero) is 1. The van der Waals surface area contributed by atoms with Crippen LogP contribution in [0.2, 0.25) is 0 Å². The molecule has 1 aliphatic rings. The van der Waals surface area contributed by atoms with E-state index in [1.54, 1.807) is 7.11 Å². The summed E-state index contributed by atoms with van der Waals surface area (Å²) < 4.78 is 10.8. The van der Waals surface area contributed by atoms with Crippen LogP contribution in [0.3, 0.4) is 0 Å². The lowest BCUT2D eigenvalue weighted by molar-refractivity contribution is 0.0267. The highest BCUT2D eigenvalue weighted by molar-refractivity contribution is 6.02. The molecule has 0 bridgehead atoms. The van der Waals surface area contributed by atoms with Crippen LogP contribution in [0.4, 0.5) is 0 Å². The molecule has 0 amide bonds. The van der Waals surface area contributed by atoms with Crippen molar-refractivity contribution in [3.8, 4) is 5.75 Å². The first-order valence-electron chi connectivity index (χ1n) is 6.68. The van der Waals surface area contributed by atoms with Gasteiger partial charge in [-0.25, -0.2) is 0 Å². The lowest BCUT2D eigenvalue weighted by atomic mass is 9.96. The molecule has 4 heteroatoms. The fraction of sp³-hybridized carbons (Fsp3) is 0.533. The van der Waals surface area contributed by atoms with Crippen LogP contribution >= 0.6 is 0 Å². The number of hydrogen-bond donors (Lipinski definition) is 1. The van der Waals surface area contributed by atoms with Crippen molar-refractivity contribution >= 4 is 5.78 Å². The third-order valence-electron chi connectivity index (χ3n) is 3.38. The molecule has 19 heavy (non-hydrogen) atoms. The number of morpholine rings is 1.